The maximum atomic E-state index is 12.3. The Labute approximate surface area is 166 Å². The number of carbonyl (C=O) groups is 2. The monoisotopic (exact) mass is 412 g/mol. The molecule has 1 saturated carbocycles. The van der Waals surface area contributed by atoms with Crippen molar-refractivity contribution >= 4 is 21.9 Å². The van der Waals surface area contributed by atoms with Gasteiger partial charge in [-0.05, 0) is 49.9 Å². The number of amides is 1. The summed E-state index contributed by atoms with van der Waals surface area (Å²) in [6.45, 7) is 3.63. The van der Waals surface area contributed by atoms with Crippen LogP contribution < -0.4 is 5.32 Å². The number of hydroxylamine groups is 1. The molecular formula is C19H28N2O6S. The van der Waals surface area contributed by atoms with E-state index in [1.807, 2.05) is 0 Å². The van der Waals surface area contributed by atoms with Gasteiger partial charge in [0.2, 0.25) is 0 Å². The normalized spacial score (nSPS) is 21.2. The summed E-state index contributed by atoms with van der Waals surface area (Å²) >= 11 is 0. The van der Waals surface area contributed by atoms with Gasteiger partial charge in [-0.1, -0.05) is 24.2 Å². The maximum Gasteiger partial charge on any atom is 0.338 e. The van der Waals surface area contributed by atoms with E-state index in [0.29, 0.717) is 5.92 Å². The van der Waals surface area contributed by atoms with Crippen molar-refractivity contribution in [3.8, 4) is 0 Å². The Hall–Kier alpha value is -1.97. The third kappa shape index (κ3) is 5.30. The molecule has 2 rings (SSSR count). The fraction of sp³-hybridized carbons (Fsp3) is 0.579. The van der Waals surface area contributed by atoms with Gasteiger partial charge in [0, 0.05) is 13.1 Å². The zero-order valence-corrected chi connectivity index (χ0v) is 17.5. The van der Waals surface area contributed by atoms with Crippen LogP contribution in [-0.2, 0) is 24.4 Å². The molecule has 0 radical (unpaired) electrons. The third-order valence-electron chi connectivity index (χ3n) is 5.08. The number of ether oxygens (including phenoxy) is 1. The summed E-state index contributed by atoms with van der Waals surface area (Å²) in [5, 5.41) is 2.96. The second kappa shape index (κ2) is 9.49. The number of sulfonamides is 1. The fourth-order valence-corrected chi connectivity index (χ4v) is 4.10. The number of esters is 1. The summed E-state index contributed by atoms with van der Waals surface area (Å²) in [4.78, 5) is 29.3. The Morgan fingerprint density at radius 3 is 2.36 bits per heavy atom. The Morgan fingerprint density at radius 1 is 1.18 bits per heavy atom. The van der Waals surface area contributed by atoms with Crippen LogP contribution in [0.25, 0.3) is 0 Å². The highest BCUT2D eigenvalue weighted by molar-refractivity contribution is 7.89. The molecule has 0 saturated heterocycles. The van der Waals surface area contributed by atoms with Crippen LogP contribution in [0.4, 0.5) is 0 Å². The Bertz CT molecular complexity index is 793. The molecule has 0 spiro atoms. The molecule has 8 nitrogen and oxygen atoms in total. The lowest BCUT2D eigenvalue weighted by Gasteiger charge is -2.30. The summed E-state index contributed by atoms with van der Waals surface area (Å²) < 4.78 is 30.3. The Balaban J connectivity index is 1.97. The van der Waals surface area contributed by atoms with E-state index in [2.05, 4.69) is 12.2 Å². The van der Waals surface area contributed by atoms with Crippen LogP contribution in [0.3, 0.4) is 0 Å². The van der Waals surface area contributed by atoms with Crippen LogP contribution in [-0.4, -0.2) is 51.1 Å². The fourth-order valence-electron chi connectivity index (χ4n) is 3.12. The summed E-state index contributed by atoms with van der Waals surface area (Å²) in [6.07, 6.45) is 3.32. The van der Waals surface area contributed by atoms with E-state index < -0.39 is 22.1 Å². The minimum atomic E-state index is -3.79. The molecule has 3 atom stereocenters. The second-order valence-electron chi connectivity index (χ2n) is 7.05. The van der Waals surface area contributed by atoms with Crippen LogP contribution in [0.5, 0.6) is 0 Å². The average molecular weight is 413 g/mol. The van der Waals surface area contributed by atoms with Gasteiger partial charge in [0.15, 0.2) is 6.10 Å². The first-order valence-corrected chi connectivity index (χ1v) is 10.7. The highest BCUT2D eigenvalue weighted by atomic mass is 32.2. The number of benzene rings is 1. The summed E-state index contributed by atoms with van der Waals surface area (Å²) in [5.74, 6) is -0.614. The lowest BCUT2D eigenvalue weighted by atomic mass is 9.86. The van der Waals surface area contributed by atoms with E-state index in [-0.39, 0.29) is 22.4 Å². The summed E-state index contributed by atoms with van der Waals surface area (Å²) in [5.41, 5.74) is 0.157. The van der Waals surface area contributed by atoms with E-state index in [9.17, 15) is 18.0 Å². The molecule has 1 aliphatic carbocycles. The molecule has 9 heteroatoms. The predicted octanol–water partition coefficient (Wildman–Crippen LogP) is 2.11. The molecule has 0 aliphatic heterocycles. The van der Waals surface area contributed by atoms with Gasteiger partial charge < -0.3 is 10.1 Å². The summed E-state index contributed by atoms with van der Waals surface area (Å²) in [7, 11) is -1.29. The van der Waals surface area contributed by atoms with Crippen LogP contribution in [0.15, 0.2) is 29.2 Å². The molecule has 28 heavy (non-hydrogen) atoms. The van der Waals surface area contributed by atoms with Crippen molar-refractivity contribution in [2.24, 2.45) is 5.92 Å². The molecule has 0 bridgehead atoms. The quantitative estimate of drug-likeness (QED) is 0.544. The molecule has 1 fully saturated rings. The molecule has 1 amide bonds. The molecule has 156 valence electrons. The molecule has 1 aromatic rings. The number of hydrogen-bond donors (Lipinski definition) is 1. The molecule has 1 aromatic carbocycles. The van der Waals surface area contributed by atoms with Gasteiger partial charge in [-0.15, -0.1) is 0 Å². The van der Waals surface area contributed by atoms with Crippen molar-refractivity contribution in [3.05, 3.63) is 29.8 Å². The lowest BCUT2D eigenvalue weighted by molar-refractivity contribution is -0.130. The minimum absolute atomic E-state index is 0.0227. The van der Waals surface area contributed by atoms with Crippen LogP contribution in [0.1, 0.15) is 49.9 Å². The van der Waals surface area contributed by atoms with Crippen molar-refractivity contribution in [1.82, 2.24) is 9.79 Å². The van der Waals surface area contributed by atoms with Gasteiger partial charge in [0.05, 0.1) is 17.6 Å². The molecular weight excluding hydrogens is 384 g/mol. The van der Waals surface area contributed by atoms with Crippen molar-refractivity contribution < 1.29 is 27.6 Å². The van der Waals surface area contributed by atoms with E-state index in [4.69, 9.17) is 9.57 Å². The zero-order chi connectivity index (χ0) is 20.9. The first-order chi connectivity index (χ1) is 13.2. The van der Waals surface area contributed by atoms with Gasteiger partial charge in [0.1, 0.15) is 0 Å². The minimum Gasteiger partial charge on any atom is -0.449 e. The zero-order valence-electron chi connectivity index (χ0n) is 16.7. The number of hydrogen-bond acceptors (Lipinski definition) is 6. The third-order valence-corrected chi connectivity index (χ3v) is 6.77. The van der Waals surface area contributed by atoms with Crippen molar-refractivity contribution in [2.75, 3.05) is 14.2 Å². The molecule has 1 aliphatic rings. The lowest BCUT2D eigenvalue weighted by Crippen LogP contribution is -2.45. The first-order valence-electron chi connectivity index (χ1n) is 9.31. The number of rotatable bonds is 7. The van der Waals surface area contributed by atoms with E-state index >= 15 is 0 Å². The largest absolute Gasteiger partial charge is 0.449 e. The van der Waals surface area contributed by atoms with Gasteiger partial charge >= 0.3 is 5.97 Å². The average Bonchev–Trinajstić information content (AvgIpc) is 2.68. The number of nitrogens with one attached hydrogen (secondary N) is 1. The van der Waals surface area contributed by atoms with E-state index in [1.54, 1.807) is 0 Å². The first kappa shape index (κ1) is 22.3. The standard InChI is InChI=1S/C19H28N2O6S/c1-13-7-5-6-8-17(13)20-18(22)14(2)27-19(23)15-9-11-16(12-10-15)28(24,25)21(3)26-4/h9-14,17H,5-8H2,1-4H3,(H,20,22)/t13-,14+,17-/m0/s1. The molecule has 0 heterocycles. The van der Waals surface area contributed by atoms with Crippen molar-refractivity contribution in [2.45, 2.75) is 56.6 Å². The van der Waals surface area contributed by atoms with E-state index in [1.165, 1.54) is 51.8 Å². The topological polar surface area (TPSA) is 102 Å². The van der Waals surface area contributed by atoms with E-state index in [0.717, 1.165) is 23.7 Å². The van der Waals surface area contributed by atoms with Crippen molar-refractivity contribution in [3.63, 3.8) is 0 Å². The highest BCUT2D eigenvalue weighted by Crippen LogP contribution is 2.24. The van der Waals surface area contributed by atoms with Crippen LogP contribution in [0, 0.1) is 5.92 Å². The van der Waals surface area contributed by atoms with Gasteiger partial charge in [-0.3, -0.25) is 9.63 Å². The van der Waals surface area contributed by atoms with Crippen molar-refractivity contribution in [1.29, 1.82) is 0 Å². The Kier molecular flexibility index (Phi) is 7.56. The highest BCUT2D eigenvalue weighted by Gasteiger charge is 2.27. The smallest absolute Gasteiger partial charge is 0.338 e. The molecule has 1 N–H and O–H groups in total. The SMILES string of the molecule is CON(C)S(=O)(=O)c1ccc(C(=O)O[C@H](C)C(=O)N[C@H]2CCCC[C@@H]2C)cc1. The van der Waals surface area contributed by atoms with Crippen LogP contribution in [0.2, 0.25) is 0 Å². The second-order valence-corrected chi connectivity index (χ2v) is 8.98. The predicted molar refractivity (Wildman–Crippen MR) is 103 cm³/mol. The van der Waals surface area contributed by atoms with Crippen LogP contribution >= 0.6 is 0 Å². The maximum absolute atomic E-state index is 12.3. The Morgan fingerprint density at radius 2 is 1.79 bits per heavy atom. The van der Waals surface area contributed by atoms with Gasteiger partial charge in [-0.25, -0.2) is 13.2 Å². The number of nitrogens with zero attached hydrogens (tertiary/aromatic N) is 1. The summed E-state index contributed by atoms with van der Waals surface area (Å²) in [6, 6.07) is 5.36. The van der Waals surface area contributed by atoms with Gasteiger partial charge in [-0.2, -0.15) is 0 Å². The van der Waals surface area contributed by atoms with Gasteiger partial charge in [0.25, 0.3) is 15.9 Å². The molecule has 0 aromatic heterocycles. The molecule has 0 unspecified atom stereocenters. The number of carbonyl (C=O) groups excluding carboxylic acids is 2.